The van der Waals surface area contributed by atoms with Crippen molar-refractivity contribution in [2.75, 3.05) is 20.3 Å². The molecule has 0 aromatic heterocycles. The topological polar surface area (TPSA) is 88.1 Å². The summed E-state index contributed by atoms with van der Waals surface area (Å²) >= 11 is 0. The van der Waals surface area contributed by atoms with Gasteiger partial charge in [0.25, 0.3) is 0 Å². The second-order valence-corrected chi connectivity index (χ2v) is 5.39. The number of methoxy groups -OCH3 is 1. The van der Waals surface area contributed by atoms with Crippen LogP contribution in [0.5, 0.6) is 11.5 Å². The van der Waals surface area contributed by atoms with Gasteiger partial charge in [-0.2, -0.15) is 0 Å². The molecule has 0 saturated carbocycles. The molecule has 0 atom stereocenters. The van der Waals surface area contributed by atoms with Crippen molar-refractivity contribution in [1.82, 2.24) is 0 Å². The van der Waals surface area contributed by atoms with Crippen molar-refractivity contribution in [2.24, 2.45) is 0 Å². The maximum Gasteiger partial charge on any atom is 0.339 e. The van der Waals surface area contributed by atoms with Crippen LogP contribution in [0, 0.1) is 0 Å². The molecular weight excluding hydrogens is 352 g/mol. The Morgan fingerprint density at radius 2 is 1.85 bits per heavy atom. The fraction of sp³-hybridized carbons (Fsp3) is 0.350. The molecule has 7 heteroatoms. The molecular formula is C20H24O7. The average molecular weight is 376 g/mol. The molecule has 0 saturated heterocycles. The monoisotopic (exact) mass is 376 g/mol. The number of carbonyl (C=O) groups excluding carboxylic acids is 3. The third-order valence-corrected chi connectivity index (χ3v) is 3.20. The molecule has 1 rings (SSSR count). The number of benzene rings is 1. The SMILES string of the molecule is C=C(CC(=O)OCCC)C(=O)Oc1ccc(C=CC(=O)OCC)cc1OC. The third-order valence-electron chi connectivity index (χ3n) is 3.20. The van der Waals surface area contributed by atoms with E-state index in [1.807, 2.05) is 6.92 Å². The fourth-order valence-corrected chi connectivity index (χ4v) is 1.91. The zero-order chi connectivity index (χ0) is 20.2. The minimum absolute atomic E-state index is 0.0237. The molecule has 0 unspecified atom stereocenters. The number of carbonyl (C=O) groups is 3. The highest BCUT2D eigenvalue weighted by atomic mass is 16.6. The van der Waals surface area contributed by atoms with Crippen LogP contribution >= 0.6 is 0 Å². The van der Waals surface area contributed by atoms with Gasteiger partial charge in [0, 0.05) is 11.6 Å². The quantitative estimate of drug-likeness (QED) is 0.352. The van der Waals surface area contributed by atoms with Crippen LogP contribution < -0.4 is 9.47 Å². The summed E-state index contributed by atoms with van der Waals surface area (Å²) in [7, 11) is 1.42. The van der Waals surface area contributed by atoms with Crippen molar-refractivity contribution in [1.29, 1.82) is 0 Å². The molecule has 0 heterocycles. The Kier molecular flexibility index (Phi) is 9.36. The van der Waals surface area contributed by atoms with E-state index in [-0.39, 0.29) is 36.7 Å². The summed E-state index contributed by atoms with van der Waals surface area (Å²) in [4.78, 5) is 35.0. The molecule has 0 spiro atoms. The van der Waals surface area contributed by atoms with E-state index in [1.165, 1.54) is 19.3 Å². The van der Waals surface area contributed by atoms with Gasteiger partial charge in [-0.05, 0) is 37.1 Å². The van der Waals surface area contributed by atoms with Crippen molar-refractivity contribution in [3.63, 3.8) is 0 Å². The average Bonchev–Trinajstić information content (AvgIpc) is 2.65. The van der Waals surface area contributed by atoms with Crippen LogP contribution in [0.1, 0.15) is 32.3 Å². The molecule has 0 amide bonds. The van der Waals surface area contributed by atoms with Gasteiger partial charge in [-0.3, -0.25) is 4.79 Å². The molecule has 0 fully saturated rings. The first-order valence-electron chi connectivity index (χ1n) is 8.49. The van der Waals surface area contributed by atoms with Gasteiger partial charge in [0.05, 0.1) is 26.7 Å². The zero-order valence-corrected chi connectivity index (χ0v) is 15.8. The zero-order valence-electron chi connectivity index (χ0n) is 15.8. The van der Waals surface area contributed by atoms with Crippen molar-refractivity contribution >= 4 is 24.0 Å². The van der Waals surface area contributed by atoms with E-state index in [4.69, 9.17) is 18.9 Å². The number of hydrogen-bond acceptors (Lipinski definition) is 7. The first-order chi connectivity index (χ1) is 12.9. The third kappa shape index (κ3) is 7.77. The Bertz CT molecular complexity index is 719. The van der Waals surface area contributed by atoms with Gasteiger partial charge in [-0.25, -0.2) is 9.59 Å². The van der Waals surface area contributed by atoms with Crippen molar-refractivity contribution < 1.29 is 33.3 Å². The lowest BCUT2D eigenvalue weighted by Crippen LogP contribution is -2.15. The number of hydrogen-bond donors (Lipinski definition) is 0. The minimum atomic E-state index is -0.753. The number of esters is 3. The molecule has 0 radical (unpaired) electrons. The van der Waals surface area contributed by atoms with E-state index >= 15 is 0 Å². The van der Waals surface area contributed by atoms with E-state index in [0.717, 1.165) is 0 Å². The highest BCUT2D eigenvalue weighted by Gasteiger charge is 2.17. The van der Waals surface area contributed by atoms with Crippen LogP contribution in [0.2, 0.25) is 0 Å². The Hall–Kier alpha value is -3.09. The number of ether oxygens (including phenoxy) is 4. The van der Waals surface area contributed by atoms with Crippen LogP contribution in [0.4, 0.5) is 0 Å². The van der Waals surface area contributed by atoms with Gasteiger partial charge < -0.3 is 18.9 Å². The van der Waals surface area contributed by atoms with Gasteiger partial charge in [0.1, 0.15) is 0 Å². The van der Waals surface area contributed by atoms with Gasteiger partial charge in [0.2, 0.25) is 0 Å². The van der Waals surface area contributed by atoms with Crippen LogP contribution in [0.15, 0.2) is 36.4 Å². The molecule has 0 bridgehead atoms. The van der Waals surface area contributed by atoms with Gasteiger partial charge in [-0.1, -0.05) is 19.6 Å². The van der Waals surface area contributed by atoms with E-state index in [0.29, 0.717) is 12.0 Å². The molecule has 0 aliphatic rings. The maximum atomic E-state index is 12.1. The van der Waals surface area contributed by atoms with Crippen molar-refractivity contribution in [3.05, 3.63) is 42.0 Å². The smallest absolute Gasteiger partial charge is 0.339 e. The second kappa shape index (κ2) is 11.5. The molecule has 1 aromatic rings. The van der Waals surface area contributed by atoms with Gasteiger partial charge >= 0.3 is 17.9 Å². The summed E-state index contributed by atoms with van der Waals surface area (Å²) in [5.41, 5.74) is 0.631. The Balaban J connectivity index is 2.76. The van der Waals surface area contributed by atoms with Crippen molar-refractivity contribution in [2.45, 2.75) is 26.7 Å². The summed E-state index contributed by atoms with van der Waals surface area (Å²) in [5, 5.41) is 0. The normalized spacial score (nSPS) is 10.3. The summed E-state index contributed by atoms with van der Waals surface area (Å²) in [5.74, 6) is -1.30. The van der Waals surface area contributed by atoms with Crippen molar-refractivity contribution in [3.8, 4) is 11.5 Å². The summed E-state index contributed by atoms with van der Waals surface area (Å²) in [6.45, 7) is 7.72. The second-order valence-electron chi connectivity index (χ2n) is 5.39. The Morgan fingerprint density at radius 3 is 2.48 bits per heavy atom. The lowest BCUT2D eigenvalue weighted by Gasteiger charge is -2.11. The van der Waals surface area contributed by atoms with Crippen LogP contribution in [-0.4, -0.2) is 38.2 Å². The van der Waals surface area contributed by atoms with E-state index in [1.54, 1.807) is 25.1 Å². The highest BCUT2D eigenvalue weighted by molar-refractivity contribution is 5.94. The predicted molar refractivity (Wildman–Crippen MR) is 99.3 cm³/mol. The summed E-state index contributed by atoms with van der Waals surface area (Å²) < 4.78 is 20.2. The molecule has 1 aromatic carbocycles. The number of rotatable bonds is 10. The molecule has 0 aliphatic heterocycles. The lowest BCUT2D eigenvalue weighted by molar-refractivity contribution is -0.144. The summed E-state index contributed by atoms with van der Waals surface area (Å²) in [6, 6.07) is 4.75. The van der Waals surface area contributed by atoms with Crippen LogP contribution in [-0.2, 0) is 23.9 Å². The van der Waals surface area contributed by atoms with Crippen LogP contribution in [0.3, 0.4) is 0 Å². The standard InChI is InChI=1S/C20H24O7/c1-5-11-26-19(22)12-14(3)20(23)27-16-9-7-15(13-17(16)24-4)8-10-18(21)25-6-2/h7-10,13H,3,5-6,11-12H2,1-2,4H3. The minimum Gasteiger partial charge on any atom is -0.493 e. The Labute approximate surface area is 158 Å². The molecule has 7 nitrogen and oxygen atoms in total. The molecule has 0 N–H and O–H groups in total. The predicted octanol–water partition coefficient (Wildman–Crippen LogP) is 3.08. The molecule has 27 heavy (non-hydrogen) atoms. The maximum absolute atomic E-state index is 12.1. The first-order valence-corrected chi connectivity index (χ1v) is 8.49. The first kappa shape index (κ1) is 22.0. The molecule has 146 valence electrons. The lowest BCUT2D eigenvalue weighted by atomic mass is 10.2. The fourth-order valence-electron chi connectivity index (χ4n) is 1.91. The molecule has 0 aliphatic carbocycles. The largest absolute Gasteiger partial charge is 0.493 e. The van der Waals surface area contributed by atoms with E-state index in [9.17, 15) is 14.4 Å². The Morgan fingerprint density at radius 1 is 1.11 bits per heavy atom. The van der Waals surface area contributed by atoms with E-state index < -0.39 is 17.9 Å². The van der Waals surface area contributed by atoms with E-state index in [2.05, 4.69) is 6.58 Å². The highest BCUT2D eigenvalue weighted by Crippen LogP contribution is 2.29. The van der Waals surface area contributed by atoms with Crippen LogP contribution in [0.25, 0.3) is 6.08 Å². The van der Waals surface area contributed by atoms with Gasteiger partial charge in [-0.15, -0.1) is 0 Å². The summed E-state index contributed by atoms with van der Waals surface area (Å²) in [6.07, 6.45) is 3.28. The van der Waals surface area contributed by atoms with Gasteiger partial charge in [0.15, 0.2) is 11.5 Å².